The smallest absolute Gasteiger partial charge is 0.338 e. The summed E-state index contributed by atoms with van der Waals surface area (Å²) in [6, 6.07) is 13.3. The van der Waals surface area contributed by atoms with Crippen molar-refractivity contribution in [2.45, 2.75) is 32.7 Å². The van der Waals surface area contributed by atoms with Crippen LogP contribution in [0.1, 0.15) is 43.9 Å². The van der Waals surface area contributed by atoms with Crippen LogP contribution in [0.2, 0.25) is 5.02 Å². The number of nitrogens with zero attached hydrogens (tertiary/aromatic N) is 3. The van der Waals surface area contributed by atoms with Crippen molar-refractivity contribution in [1.29, 1.82) is 5.26 Å². The zero-order valence-corrected chi connectivity index (χ0v) is 22.8. The van der Waals surface area contributed by atoms with Crippen molar-refractivity contribution >= 4 is 35.0 Å². The molecule has 1 aliphatic rings. The van der Waals surface area contributed by atoms with Crippen LogP contribution in [0.5, 0.6) is 11.5 Å². The van der Waals surface area contributed by atoms with Gasteiger partial charge in [0, 0.05) is 10.6 Å². The molecule has 0 spiro atoms. The SMILES string of the molecule is CCCC1=C(C(=O)OCC)[C@@H](c2cc(Cl)ccc2OC)n2c(s/c(=C/c3cccc(OCC#N)c3)c2=O)=N1. The predicted octanol–water partition coefficient (Wildman–Crippen LogP) is 4.14. The lowest BCUT2D eigenvalue weighted by atomic mass is 9.93. The van der Waals surface area contributed by atoms with Crippen molar-refractivity contribution in [2.24, 2.45) is 4.99 Å². The Kier molecular flexibility index (Phi) is 8.66. The maximum atomic E-state index is 13.9. The topological polar surface area (TPSA) is 103 Å². The molecule has 4 rings (SSSR count). The minimum Gasteiger partial charge on any atom is -0.496 e. The number of thiazole rings is 1. The number of benzene rings is 2. The van der Waals surface area contributed by atoms with Gasteiger partial charge >= 0.3 is 5.97 Å². The molecule has 0 bridgehead atoms. The Balaban J connectivity index is 1.99. The molecule has 2 aromatic carbocycles. The number of ether oxygens (including phenoxy) is 3. The van der Waals surface area contributed by atoms with Crippen LogP contribution in [0.3, 0.4) is 0 Å². The Morgan fingerprint density at radius 2 is 2.08 bits per heavy atom. The summed E-state index contributed by atoms with van der Waals surface area (Å²) in [6.45, 7) is 3.83. The van der Waals surface area contributed by atoms with E-state index in [1.165, 1.54) is 23.0 Å². The highest BCUT2D eigenvalue weighted by Crippen LogP contribution is 2.38. The fourth-order valence-electron chi connectivity index (χ4n) is 4.30. The molecule has 8 nitrogen and oxygen atoms in total. The molecule has 196 valence electrons. The molecular formula is C28H26ClN3O5S. The van der Waals surface area contributed by atoms with Gasteiger partial charge in [-0.3, -0.25) is 9.36 Å². The van der Waals surface area contributed by atoms with Gasteiger partial charge in [-0.05, 0) is 55.3 Å². The number of nitriles is 1. The molecule has 0 fully saturated rings. The van der Waals surface area contributed by atoms with E-state index in [1.807, 2.05) is 19.1 Å². The number of hydrogen-bond acceptors (Lipinski definition) is 8. The molecule has 3 aromatic rings. The lowest BCUT2D eigenvalue weighted by Crippen LogP contribution is -2.40. The van der Waals surface area contributed by atoms with E-state index in [1.54, 1.807) is 49.4 Å². The zero-order valence-electron chi connectivity index (χ0n) is 21.2. The zero-order chi connectivity index (χ0) is 27.2. The quantitative estimate of drug-likeness (QED) is 0.370. The third-order valence-electron chi connectivity index (χ3n) is 5.84. The first-order chi connectivity index (χ1) is 18.4. The van der Waals surface area contributed by atoms with Gasteiger partial charge in [-0.1, -0.05) is 48.4 Å². The predicted molar refractivity (Wildman–Crippen MR) is 145 cm³/mol. The van der Waals surface area contributed by atoms with E-state index in [-0.39, 0.29) is 18.8 Å². The molecular weight excluding hydrogens is 526 g/mol. The second kappa shape index (κ2) is 12.1. The number of carbonyl (C=O) groups excluding carboxylic acids is 1. The van der Waals surface area contributed by atoms with Crippen LogP contribution in [0.4, 0.5) is 0 Å². The highest BCUT2D eigenvalue weighted by atomic mass is 35.5. The normalized spacial score (nSPS) is 14.9. The number of allylic oxidation sites excluding steroid dienone is 1. The van der Waals surface area contributed by atoms with Crippen molar-refractivity contribution in [1.82, 2.24) is 4.57 Å². The maximum absolute atomic E-state index is 13.9. The summed E-state index contributed by atoms with van der Waals surface area (Å²) in [5.74, 6) is 0.462. The summed E-state index contributed by atoms with van der Waals surface area (Å²) in [5.41, 5.74) is 1.83. The molecule has 38 heavy (non-hydrogen) atoms. The number of methoxy groups -OCH3 is 1. The minimum atomic E-state index is -0.840. The first-order valence-electron chi connectivity index (χ1n) is 12.1. The van der Waals surface area contributed by atoms with Gasteiger partial charge in [-0.15, -0.1) is 0 Å². The molecule has 0 amide bonds. The molecule has 0 saturated carbocycles. The highest BCUT2D eigenvalue weighted by Gasteiger charge is 2.36. The number of aromatic nitrogens is 1. The lowest BCUT2D eigenvalue weighted by Gasteiger charge is -2.27. The van der Waals surface area contributed by atoms with E-state index in [9.17, 15) is 9.59 Å². The Labute approximate surface area is 228 Å². The van der Waals surface area contributed by atoms with E-state index >= 15 is 0 Å². The minimum absolute atomic E-state index is 0.0794. The van der Waals surface area contributed by atoms with E-state index < -0.39 is 12.0 Å². The number of rotatable bonds is 9. The average Bonchev–Trinajstić information content (AvgIpc) is 3.21. The Hall–Kier alpha value is -3.87. The molecule has 1 atom stereocenters. The number of esters is 1. The van der Waals surface area contributed by atoms with Crippen LogP contribution in [-0.4, -0.2) is 30.9 Å². The highest BCUT2D eigenvalue weighted by molar-refractivity contribution is 7.07. The molecule has 0 saturated heterocycles. The Morgan fingerprint density at radius 1 is 1.26 bits per heavy atom. The van der Waals surface area contributed by atoms with Gasteiger partial charge < -0.3 is 14.2 Å². The third-order valence-corrected chi connectivity index (χ3v) is 7.06. The maximum Gasteiger partial charge on any atom is 0.338 e. The van der Waals surface area contributed by atoms with Crippen LogP contribution in [0, 0.1) is 11.3 Å². The lowest BCUT2D eigenvalue weighted by molar-refractivity contribution is -0.139. The summed E-state index contributed by atoms with van der Waals surface area (Å²) >= 11 is 7.60. The van der Waals surface area contributed by atoms with Crippen LogP contribution in [-0.2, 0) is 9.53 Å². The Bertz CT molecular complexity index is 1620. The van der Waals surface area contributed by atoms with Crippen LogP contribution >= 0.6 is 22.9 Å². The summed E-state index contributed by atoms with van der Waals surface area (Å²) in [4.78, 5) is 32.4. The van der Waals surface area contributed by atoms with Crippen molar-refractivity contribution in [2.75, 3.05) is 20.3 Å². The molecule has 0 N–H and O–H groups in total. The van der Waals surface area contributed by atoms with E-state index in [2.05, 4.69) is 0 Å². The van der Waals surface area contributed by atoms with Crippen molar-refractivity contribution in [3.63, 3.8) is 0 Å². The molecule has 10 heteroatoms. The summed E-state index contributed by atoms with van der Waals surface area (Å²) in [7, 11) is 1.53. The molecule has 0 radical (unpaired) electrons. The molecule has 0 unspecified atom stereocenters. The van der Waals surface area contributed by atoms with E-state index in [0.29, 0.717) is 49.1 Å². The average molecular weight is 552 g/mol. The van der Waals surface area contributed by atoms with Crippen molar-refractivity contribution in [3.05, 3.63) is 89.6 Å². The second-order valence-electron chi connectivity index (χ2n) is 8.32. The van der Waals surface area contributed by atoms with Gasteiger partial charge in [0.15, 0.2) is 11.4 Å². The van der Waals surface area contributed by atoms with E-state index in [0.717, 1.165) is 12.0 Å². The van der Waals surface area contributed by atoms with Gasteiger partial charge in [0.1, 0.15) is 23.6 Å². The second-order valence-corrected chi connectivity index (χ2v) is 9.76. The van der Waals surface area contributed by atoms with Crippen LogP contribution in [0.25, 0.3) is 6.08 Å². The molecule has 1 aliphatic heterocycles. The molecule has 1 aromatic heterocycles. The van der Waals surface area contributed by atoms with Gasteiger partial charge in [0.05, 0.1) is 29.5 Å². The Morgan fingerprint density at radius 3 is 2.79 bits per heavy atom. The summed E-state index contributed by atoms with van der Waals surface area (Å²) in [5, 5.41) is 9.24. The number of carbonyl (C=O) groups is 1. The fraction of sp³-hybridized carbons (Fsp3) is 0.286. The van der Waals surface area contributed by atoms with Crippen LogP contribution < -0.4 is 24.4 Å². The van der Waals surface area contributed by atoms with Gasteiger partial charge in [-0.2, -0.15) is 5.26 Å². The fourth-order valence-corrected chi connectivity index (χ4v) is 5.50. The largest absolute Gasteiger partial charge is 0.496 e. The van der Waals surface area contributed by atoms with E-state index in [4.69, 9.17) is 36.1 Å². The third kappa shape index (κ3) is 5.52. The number of hydrogen-bond donors (Lipinski definition) is 0. The van der Waals surface area contributed by atoms with Gasteiger partial charge in [0.25, 0.3) is 5.56 Å². The van der Waals surface area contributed by atoms with Gasteiger partial charge in [0.2, 0.25) is 0 Å². The first-order valence-corrected chi connectivity index (χ1v) is 13.3. The van der Waals surface area contributed by atoms with Crippen LogP contribution in [0.15, 0.2) is 63.5 Å². The van der Waals surface area contributed by atoms with Gasteiger partial charge in [-0.25, -0.2) is 9.79 Å². The monoisotopic (exact) mass is 551 g/mol. The molecule has 2 heterocycles. The van der Waals surface area contributed by atoms with Crippen molar-refractivity contribution in [3.8, 4) is 17.6 Å². The summed E-state index contributed by atoms with van der Waals surface area (Å²) in [6.07, 6.45) is 3.00. The first kappa shape index (κ1) is 27.2. The number of halogens is 1. The van der Waals surface area contributed by atoms with Crippen molar-refractivity contribution < 1.29 is 19.0 Å². The number of fused-ring (bicyclic) bond motifs is 1. The molecule has 0 aliphatic carbocycles. The summed E-state index contributed by atoms with van der Waals surface area (Å²) < 4.78 is 18.4. The standard InChI is InChI=1S/C28H26ClN3O5S/c1-4-7-21-24(27(34)36-5-2)25(20-16-18(29)10-11-22(20)35-3)32-26(33)23(38-28(32)31-21)15-17-8-6-9-19(14-17)37-13-12-30/h6,8-11,14-16,25H,4-5,7,13H2,1-3H3/b23-15+/t25-/m1/s1.